The van der Waals surface area contributed by atoms with E-state index < -0.39 is 0 Å². The lowest BCUT2D eigenvalue weighted by atomic mass is 9.98. The summed E-state index contributed by atoms with van der Waals surface area (Å²) in [5.74, 6) is 3.11. The SMILES string of the molecule is COc1ccc(Cn2c(CCc3ccccc3)nnc2[C@@H](CC2=CCc3ccccc32)NC(=O)C2CCCCN2)c(OC)c1.[2HH]. The average Bonchev–Trinajstić information content (AvgIpc) is 3.68. The number of carbonyl (C=O) groups excluding carboxylic acids is 1. The van der Waals surface area contributed by atoms with Gasteiger partial charge in [-0.3, -0.25) is 4.79 Å². The number of piperidine rings is 1. The number of aromatic nitrogens is 3. The van der Waals surface area contributed by atoms with Crippen molar-refractivity contribution in [2.24, 2.45) is 0 Å². The standard InChI is InChI=1S/C36H41N5O3.H2/c1-43-29-19-18-28(33(23-29)44-2)24-41-34(20-15-25-10-4-3-5-11-25)39-40-35(41)32(38-36(42)31-14-8-9-21-37-31)22-27-17-16-26-12-6-7-13-30(26)27;/h3-7,10-13,17-19,23,31-32,37H,8-9,14-16,20-22,24H2,1-2H3,(H,38,42);1H/t31?,32-;/m1./s1/i;1+1. The van der Waals surface area contributed by atoms with Crippen molar-refractivity contribution >= 4 is 11.5 Å². The lowest BCUT2D eigenvalue weighted by Crippen LogP contribution is -2.48. The largest absolute Gasteiger partial charge is 0.497 e. The highest BCUT2D eigenvalue weighted by molar-refractivity contribution is 5.83. The van der Waals surface area contributed by atoms with Crippen LogP contribution in [0.3, 0.4) is 0 Å². The van der Waals surface area contributed by atoms with E-state index in [-0.39, 0.29) is 19.4 Å². The molecule has 2 atom stereocenters. The summed E-state index contributed by atoms with van der Waals surface area (Å²) in [5.41, 5.74) is 6.01. The van der Waals surface area contributed by atoms with Gasteiger partial charge in [0.05, 0.1) is 32.8 Å². The fourth-order valence-electron chi connectivity index (χ4n) is 6.34. The van der Waals surface area contributed by atoms with Gasteiger partial charge in [-0.2, -0.15) is 0 Å². The van der Waals surface area contributed by atoms with E-state index in [1.54, 1.807) is 14.2 Å². The summed E-state index contributed by atoms with van der Waals surface area (Å²) in [7, 11) is 3.32. The van der Waals surface area contributed by atoms with Crippen molar-refractivity contribution in [1.29, 1.82) is 0 Å². The maximum absolute atomic E-state index is 13.7. The molecule has 1 aliphatic heterocycles. The van der Waals surface area contributed by atoms with Gasteiger partial charge in [-0.1, -0.05) is 67.1 Å². The Morgan fingerprint density at radius 1 is 1.02 bits per heavy atom. The monoisotopic (exact) mass is 594 g/mol. The molecular formula is C36H43N5O3. The molecule has 0 radical (unpaired) electrons. The van der Waals surface area contributed by atoms with E-state index in [2.05, 4.69) is 69.8 Å². The molecule has 1 fully saturated rings. The summed E-state index contributed by atoms with van der Waals surface area (Å²) in [6, 6.07) is 24.3. The van der Waals surface area contributed by atoms with Crippen LogP contribution in [-0.4, -0.2) is 47.5 Å². The molecule has 44 heavy (non-hydrogen) atoms. The number of carbonyl (C=O) groups is 1. The Bertz CT molecular complexity index is 1610. The highest BCUT2D eigenvalue weighted by atomic mass is 16.5. The second-order valence-corrected chi connectivity index (χ2v) is 11.6. The van der Waals surface area contributed by atoms with Crippen molar-refractivity contribution in [2.45, 2.75) is 63.6 Å². The number of fused-ring (bicyclic) bond motifs is 1. The topological polar surface area (TPSA) is 90.3 Å². The number of benzene rings is 3. The van der Waals surface area contributed by atoms with Gasteiger partial charge in [0.15, 0.2) is 5.82 Å². The Hall–Kier alpha value is -4.43. The summed E-state index contributed by atoms with van der Waals surface area (Å²) >= 11 is 0. The Kier molecular flexibility index (Phi) is 9.37. The van der Waals surface area contributed by atoms with Crippen molar-refractivity contribution in [2.75, 3.05) is 20.8 Å². The second-order valence-electron chi connectivity index (χ2n) is 11.6. The normalized spacial score (nSPS) is 16.6. The van der Waals surface area contributed by atoms with E-state index in [0.717, 1.165) is 67.4 Å². The van der Waals surface area contributed by atoms with Gasteiger partial charge in [0.2, 0.25) is 5.91 Å². The molecule has 8 nitrogen and oxygen atoms in total. The first-order valence-electron chi connectivity index (χ1n) is 15.6. The third-order valence-electron chi connectivity index (χ3n) is 8.77. The van der Waals surface area contributed by atoms with Crippen LogP contribution in [0.2, 0.25) is 0 Å². The number of aryl methyl sites for hydroxylation is 2. The molecule has 0 bridgehead atoms. The van der Waals surface area contributed by atoms with E-state index in [4.69, 9.17) is 19.7 Å². The first kappa shape index (κ1) is 29.6. The van der Waals surface area contributed by atoms with Crippen LogP contribution in [0.15, 0.2) is 78.9 Å². The highest BCUT2D eigenvalue weighted by Gasteiger charge is 2.30. The predicted molar refractivity (Wildman–Crippen MR) is 174 cm³/mol. The van der Waals surface area contributed by atoms with Gasteiger partial charge in [-0.25, -0.2) is 0 Å². The summed E-state index contributed by atoms with van der Waals surface area (Å²) in [6.07, 6.45) is 8.34. The molecule has 2 N–H and O–H groups in total. The number of ether oxygens (including phenoxy) is 2. The number of nitrogens with zero attached hydrogens (tertiary/aromatic N) is 3. The van der Waals surface area contributed by atoms with E-state index in [1.165, 1.54) is 22.3 Å². The molecule has 1 amide bonds. The Morgan fingerprint density at radius 2 is 1.86 bits per heavy atom. The number of nitrogens with one attached hydrogen (secondary N) is 2. The zero-order chi connectivity index (χ0) is 30.3. The van der Waals surface area contributed by atoms with Gasteiger partial charge in [0.25, 0.3) is 0 Å². The van der Waals surface area contributed by atoms with Crippen molar-refractivity contribution in [3.8, 4) is 11.5 Å². The van der Waals surface area contributed by atoms with Crippen LogP contribution in [0.5, 0.6) is 11.5 Å². The summed E-state index contributed by atoms with van der Waals surface area (Å²) in [4.78, 5) is 13.7. The predicted octanol–water partition coefficient (Wildman–Crippen LogP) is 5.70. The maximum Gasteiger partial charge on any atom is 0.237 e. The number of amides is 1. The minimum Gasteiger partial charge on any atom is -0.497 e. The molecule has 2 aliphatic rings. The molecule has 6 rings (SSSR count). The minimum atomic E-state index is -0.356. The molecule has 1 saturated heterocycles. The zero-order valence-electron chi connectivity index (χ0n) is 25.6. The van der Waals surface area contributed by atoms with Crippen molar-refractivity contribution in [3.05, 3.63) is 113 Å². The fourth-order valence-corrected chi connectivity index (χ4v) is 6.34. The van der Waals surface area contributed by atoms with Gasteiger partial charge in [0.1, 0.15) is 17.3 Å². The first-order valence-corrected chi connectivity index (χ1v) is 15.6. The van der Waals surface area contributed by atoms with Crippen LogP contribution in [0.25, 0.3) is 5.57 Å². The maximum atomic E-state index is 13.7. The number of hydrogen-bond acceptors (Lipinski definition) is 6. The number of rotatable bonds is 12. The number of hydrogen-bond donors (Lipinski definition) is 2. The molecule has 0 saturated carbocycles. The molecule has 1 aromatic heterocycles. The van der Waals surface area contributed by atoms with Crippen molar-refractivity contribution in [3.63, 3.8) is 0 Å². The summed E-state index contributed by atoms with van der Waals surface area (Å²) < 4.78 is 13.4. The van der Waals surface area contributed by atoms with Crippen molar-refractivity contribution < 1.29 is 15.7 Å². The average molecular weight is 595 g/mol. The van der Waals surface area contributed by atoms with E-state index in [9.17, 15) is 4.79 Å². The Labute approximate surface area is 261 Å². The van der Waals surface area contributed by atoms with E-state index in [1.807, 2.05) is 24.3 Å². The van der Waals surface area contributed by atoms with Gasteiger partial charge in [-0.15, -0.1) is 10.2 Å². The lowest BCUT2D eigenvalue weighted by Gasteiger charge is -2.27. The Balaban J connectivity index is 0.00000400. The van der Waals surface area contributed by atoms with Gasteiger partial charge < -0.3 is 24.7 Å². The van der Waals surface area contributed by atoms with Gasteiger partial charge >= 0.3 is 0 Å². The molecule has 2 heterocycles. The van der Waals surface area contributed by atoms with Gasteiger partial charge in [0, 0.05) is 25.9 Å². The number of allylic oxidation sites excluding steroid dienone is 1. The second kappa shape index (κ2) is 13.9. The smallest absolute Gasteiger partial charge is 0.237 e. The third-order valence-corrected chi connectivity index (χ3v) is 8.77. The molecule has 1 aliphatic carbocycles. The third kappa shape index (κ3) is 6.70. The molecule has 8 heteroatoms. The lowest BCUT2D eigenvalue weighted by molar-refractivity contribution is -0.124. The van der Waals surface area contributed by atoms with Gasteiger partial charge in [-0.05, 0) is 66.6 Å². The molecule has 4 aromatic rings. The number of methoxy groups -OCH3 is 2. The van der Waals surface area contributed by atoms with Crippen molar-refractivity contribution in [1.82, 2.24) is 25.4 Å². The van der Waals surface area contributed by atoms with Crippen LogP contribution >= 0.6 is 0 Å². The first-order chi connectivity index (χ1) is 21.6. The summed E-state index contributed by atoms with van der Waals surface area (Å²) in [5, 5.41) is 16.3. The quantitative estimate of drug-likeness (QED) is 0.219. The minimum absolute atomic E-state index is 0. The van der Waals surface area contributed by atoms with Crippen LogP contribution in [-0.2, 0) is 30.6 Å². The molecule has 3 aromatic carbocycles. The highest BCUT2D eigenvalue weighted by Crippen LogP contribution is 2.35. The van der Waals surface area contributed by atoms with Crippen LogP contribution in [0, 0.1) is 0 Å². The van der Waals surface area contributed by atoms with E-state index >= 15 is 0 Å². The van der Waals surface area contributed by atoms with Crippen LogP contribution in [0.1, 0.15) is 67.1 Å². The molecule has 1 unspecified atom stereocenters. The zero-order valence-corrected chi connectivity index (χ0v) is 25.6. The fraction of sp³-hybridized carbons (Fsp3) is 0.361. The molecule has 230 valence electrons. The van der Waals surface area contributed by atoms with Crippen LogP contribution < -0.4 is 20.1 Å². The van der Waals surface area contributed by atoms with Crippen LogP contribution in [0.4, 0.5) is 0 Å². The Morgan fingerprint density at radius 3 is 2.66 bits per heavy atom. The molecular weight excluding hydrogens is 550 g/mol. The summed E-state index contributed by atoms with van der Waals surface area (Å²) in [6.45, 7) is 1.36. The molecule has 0 spiro atoms. The van der Waals surface area contributed by atoms with E-state index in [0.29, 0.717) is 19.4 Å².